The van der Waals surface area contributed by atoms with Crippen LogP contribution in [0.1, 0.15) is 38.5 Å². The first-order chi connectivity index (χ1) is 11.1. The quantitative estimate of drug-likeness (QED) is 0.935. The lowest BCUT2D eigenvalue weighted by Gasteiger charge is -2.33. The number of hydrogen-bond donors (Lipinski definition) is 1. The van der Waals surface area contributed by atoms with Crippen molar-refractivity contribution in [2.24, 2.45) is 5.92 Å². The first-order valence-corrected chi connectivity index (χ1v) is 9.19. The number of rotatable bonds is 4. The van der Waals surface area contributed by atoms with E-state index in [9.17, 15) is 4.79 Å². The Morgan fingerprint density at radius 2 is 2.30 bits per heavy atom. The van der Waals surface area contributed by atoms with Gasteiger partial charge in [-0.3, -0.25) is 4.79 Å². The van der Waals surface area contributed by atoms with Gasteiger partial charge in [-0.2, -0.15) is 0 Å². The summed E-state index contributed by atoms with van der Waals surface area (Å²) < 4.78 is 0. The van der Waals surface area contributed by atoms with E-state index in [1.54, 1.807) is 17.7 Å². The number of fused-ring (bicyclic) bond motifs is 1. The molecular weight excluding hydrogens is 308 g/mol. The highest BCUT2D eigenvalue weighted by atomic mass is 32.1. The lowest BCUT2D eigenvalue weighted by atomic mass is 9.96. The second-order valence-corrected chi connectivity index (χ2v) is 7.55. The lowest BCUT2D eigenvalue weighted by Crippen LogP contribution is -2.45. The molecule has 3 rings (SSSR count). The Balaban J connectivity index is 1.84. The van der Waals surface area contributed by atoms with Crippen LogP contribution in [-0.4, -0.2) is 35.0 Å². The van der Waals surface area contributed by atoms with E-state index in [0.29, 0.717) is 0 Å². The summed E-state index contributed by atoms with van der Waals surface area (Å²) in [5.74, 6) is 1.18. The van der Waals surface area contributed by atoms with E-state index < -0.39 is 0 Å². The molecule has 1 atom stereocenters. The second kappa shape index (κ2) is 6.83. The van der Waals surface area contributed by atoms with Crippen molar-refractivity contribution in [2.45, 2.75) is 46.1 Å². The Kier molecular flexibility index (Phi) is 4.80. The van der Waals surface area contributed by atoms with E-state index >= 15 is 0 Å². The van der Waals surface area contributed by atoms with Gasteiger partial charge in [-0.05, 0) is 39.2 Å². The largest absolute Gasteiger partial charge is 0.355 e. The third-order valence-electron chi connectivity index (χ3n) is 4.23. The van der Waals surface area contributed by atoms with E-state index in [0.717, 1.165) is 48.4 Å². The molecule has 5 nitrogen and oxygen atoms in total. The van der Waals surface area contributed by atoms with Crippen molar-refractivity contribution in [1.29, 1.82) is 0 Å². The maximum absolute atomic E-state index is 12.3. The van der Waals surface area contributed by atoms with Gasteiger partial charge in [-0.15, -0.1) is 11.3 Å². The normalized spacial score (nSPS) is 18.6. The van der Waals surface area contributed by atoms with Crippen LogP contribution in [0.3, 0.4) is 0 Å². The summed E-state index contributed by atoms with van der Waals surface area (Å²) in [4.78, 5) is 25.9. The van der Waals surface area contributed by atoms with Crippen LogP contribution >= 0.6 is 11.3 Å². The summed E-state index contributed by atoms with van der Waals surface area (Å²) in [6.45, 7) is 7.86. The van der Waals surface area contributed by atoms with E-state index in [1.165, 1.54) is 4.88 Å². The van der Waals surface area contributed by atoms with Crippen molar-refractivity contribution >= 4 is 33.3 Å². The Morgan fingerprint density at radius 3 is 3.04 bits per heavy atom. The molecule has 1 amide bonds. The van der Waals surface area contributed by atoms with Crippen LogP contribution in [0.4, 0.5) is 5.82 Å². The molecule has 0 radical (unpaired) electrons. The number of nitrogens with zero attached hydrogens (tertiary/aromatic N) is 3. The molecule has 23 heavy (non-hydrogen) atoms. The van der Waals surface area contributed by atoms with Crippen LogP contribution in [-0.2, 0) is 11.2 Å². The van der Waals surface area contributed by atoms with Gasteiger partial charge in [0.05, 0.1) is 11.3 Å². The molecule has 0 bridgehead atoms. The third kappa shape index (κ3) is 3.47. The monoisotopic (exact) mass is 332 g/mol. The highest BCUT2D eigenvalue weighted by Crippen LogP contribution is 2.32. The molecule has 0 saturated carbocycles. The summed E-state index contributed by atoms with van der Waals surface area (Å²) >= 11 is 1.73. The predicted octanol–water partition coefficient (Wildman–Crippen LogP) is 2.99. The molecular formula is C17H24N4OS. The van der Waals surface area contributed by atoms with Gasteiger partial charge in [-0.25, -0.2) is 9.97 Å². The van der Waals surface area contributed by atoms with Crippen molar-refractivity contribution in [3.8, 4) is 0 Å². The molecule has 6 heteroatoms. The van der Waals surface area contributed by atoms with Crippen LogP contribution in [0.25, 0.3) is 10.2 Å². The van der Waals surface area contributed by atoms with Crippen molar-refractivity contribution in [3.05, 3.63) is 17.3 Å². The van der Waals surface area contributed by atoms with Crippen molar-refractivity contribution in [2.75, 3.05) is 18.0 Å². The zero-order chi connectivity index (χ0) is 16.4. The number of carbonyl (C=O) groups is 1. The van der Waals surface area contributed by atoms with Crippen LogP contribution in [0.2, 0.25) is 0 Å². The van der Waals surface area contributed by atoms with E-state index in [-0.39, 0.29) is 17.9 Å². The minimum Gasteiger partial charge on any atom is -0.355 e. The summed E-state index contributed by atoms with van der Waals surface area (Å²) in [7, 11) is 0. The lowest BCUT2D eigenvalue weighted by molar-refractivity contribution is -0.125. The molecule has 1 saturated heterocycles. The third-order valence-corrected chi connectivity index (χ3v) is 5.42. The molecule has 1 aliphatic heterocycles. The Labute approximate surface area is 141 Å². The smallest absolute Gasteiger partial charge is 0.225 e. The van der Waals surface area contributed by atoms with Gasteiger partial charge in [-0.1, -0.05) is 6.92 Å². The zero-order valence-electron chi connectivity index (χ0n) is 14.0. The average Bonchev–Trinajstić information content (AvgIpc) is 2.97. The van der Waals surface area contributed by atoms with Crippen LogP contribution in [0.5, 0.6) is 0 Å². The van der Waals surface area contributed by atoms with Crippen molar-refractivity contribution in [1.82, 2.24) is 15.3 Å². The Bertz CT molecular complexity index is 697. The van der Waals surface area contributed by atoms with Gasteiger partial charge < -0.3 is 10.2 Å². The first-order valence-electron chi connectivity index (χ1n) is 8.37. The number of aryl methyl sites for hydroxylation is 1. The summed E-state index contributed by atoms with van der Waals surface area (Å²) in [5.41, 5.74) is 0. The van der Waals surface area contributed by atoms with Crippen LogP contribution < -0.4 is 10.2 Å². The molecule has 3 heterocycles. The highest BCUT2D eigenvalue weighted by Gasteiger charge is 2.28. The topological polar surface area (TPSA) is 58.1 Å². The van der Waals surface area contributed by atoms with Crippen LogP contribution in [0, 0.1) is 5.92 Å². The molecule has 0 unspecified atom stereocenters. The summed E-state index contributed by atoms with van der Waals surface area (Å²) in [6, 6.07) is 2.39. The number of nitrogens with one attached hydrogen (secondary N) is 1. The first kappa shape index (κ1) is 16.2. The van der Waals surface area contributed by atoms with E-state index in [4.69, 9.17) is 0 Å². The van der Waals surface area contributed by atoms with Gasteiger partial charge >= 0.3 is 0 Å². The number of thiophene rings is 1. The number of amides is 1. The molecule has 1 aliphatic rings. The second-order valence-electron chi connectivity index (χ2n) is 6.43. The van der Waals surface area contributed by atoms with Crippen LogP contribution in [0.15, 0.2) is 12.4 Å². The molecule has 0 spiro atoms. The number of piperidine rings is 1. The minimum atomic E-state index is 0.0421. The predicted molar refractivity (Wildman–Crippen MR) is 95.0 cm³/mol. The fraction of sp³-hybridized carbons (Fsp3) is 0.588. The molecule has 124 valence electrons. The van der Waals surface area contributed by atoms with E-state index in [2.05, 4.69) is 33.2 Å². The van der Waals surface area contributed by atoms with Gasteiger partial charge in [0.25, 0.3) is 0 Å². The Morgan fingerprint density at radius 1 is 1.48 bits per heavy atom. The van der Waals surface area contributed by atoms with Gasteiger partial charge in [0.1, 0.15) is 17.0 Å². The van der Waals surface area contributed by atoms with Gasteiger partial charge in [0.2, 0.25) is 5.91 Å². The fourth-order valence-corrected chi connectivity index (χ4v) is 4.03. The number of anilines is 1. The number of carbonyl (C=O) groups excluding carboxylic acids is 1. The zero-order valence-corrected chi connectivity index (χ0v) is 14.8. The highest BCUT2D eigenvalue weighted by molar-refractivity contribution is 7.18. The fourth-order valence-electron chi connectivity index (χ4n) is 3.11. The maximum atomic E-state index is 12.3. The maximum Gasteiger partial charge on any atom is 0.225 e. The Hall–Kier alpha value is -1.69. The summed E-state index contributed by atoms with van der Waals surface area (Å²) in [6.07, 6.45) is 4.63. The van der Waals surface area contributed by atoms with Gasteiger partial charge in [0, 0.05) is 24.0 Å². The average molecular weight is 332 g/mol. The molecule has 2 aromatic heterocycles. The molecule has 0 aromatic carbocycles. The van der Waals surface area contributed by atoms with E-state index in [1.807, 2.05) is 13.8 Å². The minimum absolute atomic E-state index is 0.0421. The molecule has 0 aliphatic carbocycles. The SMILES string of the molecule is CCc1cc2c(N3CCC[C@@H](C(=O)NC(C)C)C3)ncnc2s1. The molecule has 1 N–H and O–H groups in total. The summed E-state index contributed by atoms with van der Waals surface area (Å²) in [5, 5.41) is 4.16. The number of hydrogen-bond acceptors (Lipinski definition) is 5. The van der Waals surface area contributed by atoms with Crippen molar-refractivity contribution < 1.29 is 4.79 Å². The van der Waals surface area contributed by atoms with Gasteiger partial charge in [0.15, 0.2) is 0 Å². The van der Waals surface area contributed by atoms with Crippen molar-refractivity contribution in [3.63, 3.8) is 0 Å². The standard InChI is InChI=1S/C17H24N4OS/c1-4-13-8-14-15(18-10-19-17(14)23-13)21-7-5-6-12(9-21)16(22)20-11(2)3/h8,10-12H,4-7,9H2,1-3H3,(H,20,22)/t12-/m1/s1. The number of aromatic nitrogens is 2. The molecule has 1 fully saturated rings. The molecule has 2 aromatic rings.